The molecule has 7 heavy (non-hydrogen) atoms. The summed E-state index contributed by atoms with van der Waals surface area (Å²) in [6, 6.07) is 0. The van der Waals surface area contributed by atoms with Crippen LogP contribution < -0.4 is 0 Å². The van der Waals surface area contributed by atoms with Gasteiger partial charge < -0.3 is 9.66 Å². The minimum Gasteiger partial charge on any atom is -0.512 e. The molecule has 0 aliphatic rings. The van der Waals surface area contributed by atoms with E-state index in [1.807, 2.05) is 0 Å². The fraction of sp³-hybridized carbons (Fsp3) is 0.333. The molecular formula is C3H6O2S2. The van der Waals surface area contributed by atoms with Crippen LogP contribution >= 0.6 is 0 Å². The number of rotatable bonds is 1. The molecule has 0 radical (unpaired) electrons. The van der Waals surface area contributed by atoms with Gasteiger partial charge in [-0.1, -0.05) is 0 Å². The van der Waals surface area contributed by atoms with Crippen LogP contribution in [-0.2, 0) is 20.9 Å². The average molecular weight is 138 g/mol. The fourth-order valence-electron chi connectivity index (χ4n) is 0.146. The van der Waals surface area contributed by atoms with E-state index in [0.29, 0.717) is 0 Å². The first-order chi connectivity index (χ1) is 3.13. The van der Waals surface area contributed by atoms with Gasteiger partial charge in [0, 0.05) is 15.1 Å². The van der Waals surface area contributed by atoms with Crippen molar-refractivity contribution in [2.45, 2.75) is 6.92 Å². The second-order valence-electron chi connectivity index (χ2n) is 1.04. The Kier molecular flexibility index (Phi) is 3.15. The SMILES string of the molecule is C/C(O)=C/S(O)=S. The molecule has 2 nitrogen and oxygen atoms in total. The Labute approximate surface area is 49.3 Å². The Morgan fingerprint density at radius 3 is 2.29 bits per heavy atom. The molecule has 0 aromatic heterocycles. The zero-order valence-electron chi connectivity index (χ0n) is 3.79. The molecule has 0 amide bonds. The van der Waals surface area contributed by atoms with Crippen molar-refractivity contribution in [3.05, 3.63) is 11.2 Å². The predicted octanol–water partition coefficient (Wildman–Crippen LogP) is 0.959. The van der Waals surface area contributed by atoms with Crippen LogP contribution in [0.3, 0.4) is 0 Å². The molecule has 42 valence electrons. The molecule has 0 aliphatic carbocycles. The summed E-state index contributed by atoms with van der Waals surface area (Å²) in [5, 5.41) is 9.57. The largest absolute Gasteiger partial charge is 0.512 e. The van der Waals surface area contributed by atoms with Gasteiger partial charge in [-0.25, -0.2) is 0 Å². The molecule has 0 aliphatic heterocycles. The van der Waals surface area contributed by atoms with Gasteiger partial charge in [-0.2, -0.15) is 0 Å². The smallest absolute Gasteiger partial charge is 0.0979 e. The van der Waals surface area contributed by atoms with Crippen molar-refractivity contribution in [2.75, 3.05) is 0 Å². The molecular weight excluding hydrogens is 132 g/mol. The van der Waals surface area contributed by atoms with E-state index in [1.165, 1.54) is 12.3 Å². The van der Waals surface area contributed by atoms with E-state index in [2.05, 4.69) is 11.2 Å². The Balaban J connectivity index is 3.68. The van der Waals surface area contributed by atoms with Gasteiger partial charge in [0.05, 0.1) is 5.76 Å². The number of aliphatic hydroxyl groups is 1. The highest BCUT2D eigenvalue weighted by Crippen LogP contribution is 1.85. The normalized spacial score (nSPS) is 16.6. The molecule has 0 aromatic carbocycles. The maximum Gasteiger partial charge on any atom is 0.0979 e. The Morgan fingerprint density at radius 2 is 2.29 bits per heavy atom. The van der Waals surface area contributed by atoms with Crippen molar-refractivity contribution in [1.82, 2.24) is 0 Å². The highest BCUT2D eigenvalue weighted by molar-refractivity contribution is 8.27. The third kappa shape index (κ3) is 6.07. The molecule has 4 heteroatoms. The van der Waals surface area contributed by atoms with Crippen LogP contribution in [-0.4, -0.2) is 9.66 Å². The van der Waals surface area contributed by atoms with Gasteiger partial charge in [-0.05, 0) is 18.1 Å². The fourth-order valence-corrected chi connectivity index (χ4v) is 0.855. The van der Waals surface area contributed by atoms with Gasteiger partial charge in [-0.15, -0.1) is 0 Å². The number of allylic oxidation sites excluding steroid dienone is 1. The Morgan fingerprint density at radius 1 is 1.86 bits per heavy atom. The zero-order chi connectivity index (χ0) is 5.86. The van der Waals surface area contributed by atoms with Crippen LogP contribution in [0.4, 0.5) is 0 Å². The summed E-state index contributed by atoms with van der Waals surface area (Å²) in [6.07, 6.45) is 0. The van der Waals surface area contributed by atoms with Crippen LogP contribution in [0.1, 0.15) is 6.92 Å². The van der Waals surface area contributed by atoms with Crippen molar-refractivity contribution < 1.29 is 9.66 Å². The minimum atomic E-state index is -1.17. The van der Waals surface area contributed by atoms with E-state index < -0.39 is 9.74 Å². The van der Waals surface area contributed by atoms with Crippen LogP contribution in [0.5, 0.6) is 0 Å². The molecule has 0 heterocycles. The first-order valence-electron chi connectivity index (χ1n) is 1.60. The second kappa shape index (κ2) is 3.12. The summed E-state index contributed by atoms with van der Waals surface area (Å²) < 4.78 is 8.33. The van der Waals surface area contributed by atoms with Crippen molar-refractivity contribution in [1.29, 1.82) is 0 Å². The van der Waals surface area contributed by atoms with Crippen molar-refractivity contribution in [2.24, 2.45) is 0 Å². The maximum absolute atomic E-state index is 8.36. The van der Waals surface area contributed by atoms with Gasteiger partial charge in [0.15, 0.2) is 0 Å². The molecule has 0 aromatic rings. The lowest BCUT2D eigenvalue weighted by molar-refractivity contribution is 0.415. The van der Waals surface area contributed by atoms with E-state index in [9.17, 15) is 0 Å². The number of hydrogen-bond acceptors (Lipinski definition) is 2. The lowest BCUT2D eigenvalue weighted by Gasteiger charge is -1.83. The zero-order valence-corrected chi connectivity index (χ0v) is 5.42. The molecule has 0 saturated heterocycles. The molecule has 0 saturated carbocycles. The van der Waals surface area contributed by atoms with E-state index in [-0.39, 0.29) is 5.76 Å². The van der Waals surface area contributed by atoms with Crippen LogP contribution in [0.2, 0.25) is 0 Å². The van der Waals surface area contributed by atoms with Crippen molar-refractivity contribution >= 4 is 20.9 Å². The van der Waals surface area contributed by atoms with Crippen LogP contribution in [0.25, 0.3) is 0 Å². The van der Waals surface area contributed by atoms with Gasteiger partial charge in [0.25, 0.3) is 0 Å². The second-order valence-corrected chi connectivity index (χ2v) is 2.85. The summed E-state index contributed by atoms with van der Waals surface area (Å²) in [6.45, 7) is 1.46. The molecule has 0 bridgehead atoms. The predicted molar refractivity (Wildman–Crippen MR) is 33.7 cm³/mol. The van der Waals surface area contributed by atoms with Gasteiger partial charge >= 0.3 is 0 Å². The van der Waals surface area contributed by atoms with E-state index >= 15 is 0 Å². The Bertz CT molecular complexity index is 104. The molecule has 1 atom stereocenters. The summed E-state index contributed by atoms with van der Waals surface area (Å²) in [5.41, 5.74) is 0. The van der Waals surface area contributed by atoms with Gasteiger partial charge in [0.2, 0.25) is 0 Å². The lowest BCUT2D eigenvalue weighted by atomic mass is 10.7. The van der Waals surface area contributed by atoms with Crippen LogP contribution in [0, 0.1) is 0 Å². The minimum absolute atomic E-state index is 0.0702. The monoisotopic (exact) mass is 138 g/mol. The molecule has 2 N–H and O–H groups in total. The van der Waals surface area contributed by atoms with Gasteiger partial charge in [0.1, 0.15) is 0 Å². The van der Waals surface area contributed by atoms with E-state index in [0.717, 1.165) is 0 Å². The van der Waals surface area contributed by atoms with Crippen molar-refractivity contribution in [3.63, 3.8) is 0 Å². The molecule has 1 unspecified atom stereocenters. The Hall–Kier alpha value is 0.0700. The molecule has 0 spiro atoms. The third-order valence-corrected chi connectivity index (χ3v) is 1.10. The number of hydrogen-bond donors (Lipinski definition) is 2. The average Bonchev–Trinajstić information content (AvgIpc) is 1.27. The first kappa shape index (κ1) is 7.07. The molecule has 0 fully saturated rings. The summed E-state index contributed by atoms with van der Waals surface area (Å²) in [7, 11) is -1.17. The lowest BCUT2D eigenvalue weighted by Crippen LogP contribution is -1.77. The quantitative estimate of drug-likeness (QED) is 0.530. The first-order valence-corrected chi connectivity index (χ1v) is 3.77. The van der Waals surface area contributed by atoms with E-state index in [1.54, 1.807) is 0 Å². The maximum atomic E-state index is 8.36. The standard InChI is InChI=1S/C3H6O2S2/c1-3(4)2-7(5)6/h2,4H,1H3,(H,5,6)/b3-2-. The third-order valence-electron chi connectivity index (χ3n) is 0.271. The van der Waals surface area contributed by atoms with Crippen LogP contribution in [0.15, 0.2) is 11.2 Å². The highest BCUT2D eigenvalue weighted by Gasteiger charge is 1.78. The summed E-state index contributed by atoms with van der Waals surface area (Å²) in [5.74, 6) is 0.0702. The number of aliphatic hydroxyl groups excluding tert-OH is 1. The summed E-state index contributed by atoms with van der Waals surface area (Å²) in [4.78, 5) is 0. The van der Waals surface area contributed by atoms with Crippen molar-refractivity contribution in [3.8, 4) is 0 Å². The highest BCUT2D eigenvalue weighted by atomic mass is 32.8. The molecule has 0 rings (SSSR count). The van der Waals surface area contributed by atoms with E-state index in [4.69, 9.17) is 9.66 Å². The topological polar surface area (TPSA) is 40.5 Å². The summed E-state index contributed by atoms with van der Waals surface area (Å²) >= 11 is 4.30. The van der Waals surface area contributed by atoms with Gasteiger partial charge in [-0.3, -0.25) is 0 Å².